The molecule has 0 aliphatic heterocycles. The van der Waals surface area contributed by atoms with E-state index in [-0.39, 0.29) is 17.6 Å². The number of benzene rings is 1. The van der Waals surface area contributed by atoms with E-state index < -0.39 is 12.1 Å². The summed E-state index contributed by atoms with van der Waals surface area (Å²) in [6, 6.07) is 5.10. The van der Waals surface area contributed by atoms with Gasteiger partial charge >= 0.3 is 0 Å². The summed E-state index contributed by atoms with van der Waals surface area (Å²) in [5.74, 6) is -0.519. The standard InChI is InChI=1S/C13H19N3O3/c1-8(14)12(18)16-11(13(19)15-2)7-9-3-5-10(17)6-4-9/h3-6,8,11,17H,7,14H2,1-2H3,(H,15,19)(H,16,18). The monoisotopic (exact) mass is 265 g/mol. The fourth-order valence-corrected chi connectivity index (χ4v) is 1.55. The van der Waals surface area contributed by atoms with Crippen molar-refractivity contribution in [1.29, 1.82) is 0 Å². The van der Waals surface area contributed by atoms with Gasteiger partial charge in [-0.25, -0.2) is 0 Å². The predicted octanol–water partition coefficient (Wildman–Crippen LogP) is -0.487. The van der Waals surface area contributed by atoms with E-state index in [1.54, 1.807) is 19.1 Å². The minimum atomic E-state index is -0.687. The quantitative estimate of drug-likeness (QED) is 0.576. The van der Waals surface area contributed by atoms with Gasteiger partial charge in [-0.2, -0.15) is 0 Å². The van der Waals surface area contributed by atoms with E-state index in [0.29, 0.717) is 6.42 Å². The molecular formula is C13H19N3O3. The van der Waals surface area contributed by atoms with Crippen LogP contribution in [0, 0.1) is 0 Å². The number of hydrogen-bond acceptors (Lipinski definition) is 4. The highest BCUT2D eigenvalue weighted by Crippen LogP contribution is 2.11. The van der Waals surface area contributed by atoms with Crippen molar-refractivity contribution in [1.82, 2.24) is 10.6 Å². The van der Waals surface area contributed by atoms with Gasteiger partial charge < -0.3 is 21.5 Å². The summed E-state index contributed by atoms with van der Waals surface area (Å²) < 4.78 is 0. The van der Waals surface area contributed by atoms with Gasteiger partial charge in [-0.15, -0.1) is 0 Å². The third kappa shape index (κ3) is 4.59. The van der Waals surface area contributed by atoms with Crippen LogP contribution >= 0.6 is 0 Å². The Hall–Kier alpha value is -2.08. The minimum absolute atomic E-state index is 0.153. The number of rotatable bonds is 5. The van der Waals surface area contributed by atoms with Crippen molar-refractivity contribution in [2.45, 2.75) is 25.4 Å². The summed E-state index contributed by atoms with van der Waals surface area (Å²) in [7, 11) is 1.50. The Morgan fingerprint density at radius 2 is 1.84 bits per heavy atom. The van der Waals surface area contributed by atoms with Crippen molar-refractivity contribution < 1.29 is 14.7 Å². The van der Waals surface area contributed by atoms with Crippen molar-refractivity contribution in [3.05, 3.63) is 29.8 Å². The van der Waals surface area contributed by atoms with Gasteiger partial charge in [0.1, 0.15) is 11.8 Å². The van der Waals surface area contributed by atoms with Gasteiger partial charge in [-0.3, -0.25) is 9.59 Å². The number of hydrogen-bond donors (Lipinski definition) is 4. The molecule has 0 spiro atoms. The topological polar surface area (TPSA) is 104 Å². The molecule has 1 rings (SSSR count). The molecule has 0 saturated carbocycles. The molecule has 0 aliphatic rings. The fourth-order valence-electron chi connectivity index (χ4n) is 1.55. The zero-order valence-electron chi connectivity index (χ0n) is 11.0. The first-order valence-corrected chi connectivity index (χ1v) is 5.99. The zero-order valence-corrected chi connectivity index (χ0v) is 11.0. The largest absolute Gasteiger partial charge is 0.508 e. The Kier molecular flexibility index (Phi) is 5.32. The Balaban J connectivity index is 2.77. The van der Waals surface area contributed by atoms with Crippen molar-refractivity contribution in [2.24, 2.45) is 5.73 Å². The summed E-state index contributed by atoms with van der Waals surface area (Å²) >= 11 is 0. The number of phenols is 1. The lowest BCUT2D eigenvalue weighted by atomic mass is 10.0. The summed E-state index contributed by atoms with van der Waals surface area (Å²) in [4.78, 5) is 23.3. The lowest BCUT2D eigenvalue weighted by Crippen LogP contribution is -2.51. The second-order valence-corrected chi connectivity index (χ2v) is 4.33. The van der Waals surface area contributed by atoms with Gasteiger partial charge in [0.25, 0.3) is 0 Å². The van der Waals surface area contributed by atoms with Crippen molar-refractivity contribution >= 4 is 11.8 Å². The Morgan fingerprint density at radius 1 is 1.26 bits per heavy atom. The van der Waals surface area contributed by atoms with Gasteiger partial charge in [0.15, 0.2) is 0 Å². The van der Waals surface area contributed by atoms with Crippen LogP contribution in [0.3, 0.4) is 0 Å². The normalized spacial score (nSPS) is 13.4. The maximum absolute atomic E-state index is 11.7. The van der Waals surface area contributed by atoms with Crippen LogP contribution < -0.4 is 16.4 Å². The molecular weight excluding hydrogens is 246 g/mol. The van der Waals surface area contributed by atoms with Gasteiger partial charge in [0, 0.05) is 13.5 Å². The minimum Gasteiger partial charge on any atom is -0.508 e. The molecule has 0 fully saturated rings. The first-order chi connectivity index (χ1) is 8.93. The van der Waals surface area contributed by atoms with E-state index in [4.69, 9.17) is 5.73 Å². The van der Waals surface area contributed by atoms with Gasteiger partial charge in [-0.05, 0) is 24.6 Å². The highest BCUT2D eigenvalue weighted by molar-refractivity contribution is 5.89. The van der Waals surface area contributed by atoms with E-state index in [1.807, 2.05) is 0 Å². The van der Waals surface area contributed by atoms with Crippen molar-refractivity contribution in [2.75, 3.05) is 7.05 Å². The van der Waals surface area contributed by atoms with Crippen molar-refractivity contribution in [3.8, 4) is 5.75 Å². The van der Waals surface area contributed by atoms with Gasteiger partial charge in [-0.1, -0.05) is 12.1 Å². The van der Waals surface area contributed by atoms with Crippen LogP contribution in [-0.4, -0.2) is 36.1 Å². The molecule has 0 bridgehead atoms. The second-order valence-electron chi connectivity index (χ2n) is 4.33. The second kappa shape index (κ2) is 6.75. The van der Waals surface area contributed by atoms with Crippen LogP contribution in [0.2, 0.25) is 0 Å². The SMILES string of the molecule is CNC(=O)C(Cc1ccc(O)cc1)NC(=O)C(C)N. The summed E-state index contributed by atoms with van der Waals surface area (Å²) in [5.41, 5.74) is 6.29. The average molecular weight is 265 g/mol. The molecule has 0 aromatic heterocycles. The maximum atomic E-state index is 11.7. The number of likely N-dealkylation sites (N-methyl/N-ethyl adjacent to an activating group) is 1. The molecule has 6 nitrogen and oxygen atoms in total. The predicted molar refractivity (Wildman–Crippen MR) is 71.5 cm³/mol. The number of aromatic hydroxyl groups is 1. The summed E-state index contributed by atoms with van der Waals surface area (Å²) in [6.07, 6.45) is 0.332. The van der Waals surface area contributed by atoms with Crippen LogP contribution in [0.1, 0.15) is 12.5 Å². The lowest BCUT2D eigenvalue weighted by molar-refractivity contribution is -0.129. The molecule has 104 valence electrons. The van der Waals surface area contributed by atoms with Crippen LogP contribution in [0.4, 0.5) is 0 Å². The number of nitrogens with one attached hydrogen (secondary N) is 2. The molecule has 0 aliphatic carbocycles. The van der Waals surface area contributed by atoms with Crippen LogP contribution in [0.25, 0.3) is 0 Å². The number of carbonyl (C=O) groups is 2. The lowest BCUT2D eigenvalue weighted by Gasteiger charge is -2.18. The third-order valence-corrected chi connectivity index (χ3v) is 2.67. The molecule has 2 unspecified atom stereocenters. The third-order valence-electron chi connectivity index (χ3n) is 2.67. The van der Waals surface area contributed by atoms with E-state index >= 15 is 0 Å². The van der Waals surface area contributed by atoms with E-state index in [1.165, 1.54) is 19.2 Å². The number of carbonyl (C=O) groups excluding carboxylic acids is 2. The summed E-state index contributed by atoms with van der Waals surface area (Å²) in [5, 5.41) is 14.3. The zero-order chi connectivity index (χ0) is 14.4. The first kappa shape index (κ1) is 15.0. The Labute approximate surface area is 112 Å². The summed E-state index contributed by atoms with van der Waals surface area (Å²) in [6.45, 7) is 1.55. The molecule has 1 aromatic rings. The smallest absolute Gasteiger partial charge is 0.242 e. The molecule has 1 aromatic carbocycles. The molecule has 0 heterocycles. The molecule has 0 radical (unpaired) electrons. The number of nitrogens with two attached hydrogens (primary N) is 1. The molecule has 0 saturated heterocycles. The molecule has 2 amide bonds. The van der Waals surface area contributed by atoms with Crippen LogP contribution in [0.5, 0.6) is 5.75 Å². The van der Waals surface area contributed by atoms with Gasteiger partial charge in [0.05, 0.1) is 6.04 Å². The highest BCUT2D eigenvalue weighted by Gasteiger charge is 2.21. The first-order valence-electron chi connectivity index (χ1n) is 5.99. The Morgan fingerprint density at radius 3 is 2.32 bits per heavy atom. The molecule has 19 heavy (non-hydrogen) atoms. The molecule has 6 heteroatoms. The highest BCUT2D eigenvalue weighted by atomic mass is 16.3. The fraction of sp³-hybridized carbons (Fsp3) is 0.385. The number of amides is 2. The Bertz CT molecular complexity index is 443. The van der Waals surface area contributed by atoms with E-state index in [2.05, 4.69) is 10.6 Å². The number of phenolic OH excluding ortho intramolecular Hbond substituents is 1. The van der Waals surface area contributed by atoms with Crippen LogP contribution in [0.15, 0.2) is 24.3 Å². The van der Waals surface area contributed by atoms with Crippen LogP contribution in [-0.2, 0) is 16.0 Å². The molecule has 5 N–H and O–H groups in total. The van der Waals surface area contributed by atoms with E-state index in [9.17, 15) is 14.7 Å². The van der Waals surface area contributed by atoms with E-state index in [0.717, 1.165) is 5.56 Å². The molecule has 2 atom stereocenters. The van der Waals surface area contributed by atoms with Crippen molar-refractivity contribution in [3.63, 3.8) is 0 Å². The van der Waals surface area contributed by atoms with Gasteiger partial charge in [0.2, 0.25) is 11.8 Å². The maximum Gasteiger partial charge on any atom is 0.242 e. The average Bonchev–Trinajstić information content (AvgIpc) is 2.39.